The molecule has 1 atom stereocenters. The maximum atomic E-state index is 13.4. The number of Topliss-reactive ketones (excluding diaryl/α,β-unsaturated/α-hetero) is 1. The molecule has 35 heavy (non-hydrogen) atoms. The molecule has 2 aliphatic rings. The average Bonchev–Trinajstić information content (AvgIpc) is 3.51. The van der Waals surface area contributed by atoms with E-state index in [0.29, 0.717) is 29.8 Å². The number of carbonyl (C=O) groups excluding carboxylic acids is 3. The number of amides is 3. The number of hydrogen-bond acceptors (Lipinski definition) is 5. The van der Waals surface area contributed by atoms with E-state index in [2.05, 4.69) is 5.32 Å². The summed E-state index contributed by atoms with van der Waals surface area (Å²) >= 11 is 0. The smallest absolute Gasteiger partial charge is 0.325 e. The van der Waals surface area contributed by atoms with Gasteiger partial charge in [-0.2, -0.15) is 0 Å². The summed E-state index contributed by atoms with van der Waals surface area (Å²) in [6.07, 6.45) is 0.385. The second-order valence-electron chi connectivity index (χ2n) is 8.93. The fourth-order valence-corrected chi connectivity index (χ4v) is 4.91. The molecular weight excluding hydrogens is 446 g/mol. The van der Waals surface area contributed by atoms with Gasteiger partial charge in [-0.3, -0.25) is 14.5 Å². The summed E-state index contributed by atoms with van der Waals surface area (Å²) in [5, 5.41) is 2.83. The largest absolute Gasteiger partial charge is 0.454 e. The highest BCUT2D eigenvalue weighted by atomic mass is 16.7. The molecule has 8 nitrogen and oxygen atoms in total. The molecule has 0 radical (unpaired) electrons. The van der Waals surface area contributed by atoms with E-state index in [1.807, 2.05) is 79.9 Å². The van der Waals surface area contributed by atoms with E-state index in [1.54, 1.807) is 0 Å². The Hall–Kier alpha value is -4.07. The summed E-state index contributed by atoms with van der Waals surface area (Å²) < 4.78 is 12.9. The number of hydrogen-bond donors (Lipinski definition) is 1. The Morgan fingerprint density at radius 1 is 1.03 bits per heavy atom. The molecule has 0 aliphatic carbocycles. The molecule has 0 spiro atoms. The van der Waals surface area contributed by atoms with Crippen LogP contribution in [-0.2, 0) is 16.9 Å². The van der Waals surface area contributed by atoms with Crippen LogP contribution >= 0.6 is 0 Å². The van der Waals surface area contributed by atoms with E-state index in [-0.39, 0.29) is 19.1 Å². The van der Waals surface area contributed by atoms with Crippen molar-refractivity contribution in [2.75, 3.05) is 13.3 Å². The molecule has 3 heterocycles. The van der Waals surface area contributed by atoms with E-state index in [9.17, 15) is 14.4 Å². The Morgan fingerprint density at radius 3 is 2.51 bits per heavy atom. The Bertz CT molecular complexity index is 1330. The van der Waals surface area contributed by atoms with Crippen LogP contribution in [-0.4, -0.2) is 40.5 Å². The van der Waals surface area contributed by atoms with Gasteiger partial charge in [0.25, 0.3) is 5.91 Å². The van der Waals surface area contributed by atoms with Crippen molar-refractivity contribution < 1.29 is 23.9 Å². The van der Waals surface area contributed by atoms with Crippen LogP contribution in [0.15, 0.2) is 54.6 Å². The summed E-state index contributed by atoms with van der Waals surface area (Å²) in [5.41, 5.74) is 2.75. The predicted molar refractivity (Wildman–Crippen MR) is 129 cm³/mol. The number of fused-ring (bicyclic) bond motifs is 1. The normalized spacial score (nSPS) is 18.8. The fourth-order valence-electron chi connectivity index (χ4n) is 4.91. The first-order valence-electron chi connectivity index (χ1n) is 11.6. The quantitative estimate of drug-likeness (QED) is 0.415. The molecule has 3 amide bonds. The van der Waals surface area contributed by atoms with Crippen LogP contribution in [0, 0.1) is 13.8 Å². The topological polar surface area (TPSA) is 89.9 Å². The van der Waals surface area contributed by atoms with Crippen LogP contribution in [0.2, 0.25) is 0 Å². The second kappa shape index (κ2) is 8.61. The molecule has 0 saturated carbocycles. The van der Waals surface area contributed by atoms with Crippen LogP contribution in [0.1, 0.15) is 46.2 Å². The number of imide groups is 1. The molecule has 0 bridgehead atoms. The van der Waals surface area contributed by atoms with Gasteiger partial charge in [-0.1, -0.05) is 43.3 Å². The van der Waals surface area contributed by atoms with Crippen LogP contribution < -0.4 is 14.8 Å². The Labute approximate surface area is 203 Å². The SMILES string of the molecule is CCC1(c2ccccc2)NC(=O)N(CC(=O)c2cc(C)n(Cc3ccc4c(c3)OCO4)c2C)C1=O. The van der Waals surface area contributed by atoms with Gasteiger partial charge in [0.05, 0.1) is 6.54 Å². The van der Waals surface area contributed by atoms with Crippen molar-refractivity contribution >= 4 is 17.7 Å². The second-order valence-corrected chi connectivity index (χ2v) is 8.93. The summed E-state index contributed by atoms with van der Waals surface area (Å²) in [7, 11) is 0. The summed E-state index contributed by atoms with van der Waals surface area (Å²) in [6, 6.07) is 16.2. The van der Waals surface area contributed by atoms with Crippen molar-refractivity contribution in [1.29, 1.82) is 0 Å². The number of rotatable bonds is 7. The zero-order chi connectivity index (χ0) is 24.7. The van der Waals surface area contributed by atoms with Gasteiger partial charge < -0.3 is 19.4 Å². The summed E-state index contributed by atoms with van der Waals surface area (Å²) in [5.74, 6) is 0.743. The minimum Gasteiger partial charge on any atom is -0.454 e. The third kappa shape index (κ3) is 3.75. The molecule has 5 rings (SSSR count). The van der Waals surface area contributed by atoms with Crippen molar-refractivity contribution in [2.45, 2.75) is 39.3 Å². The Morgan fingerprint density at radius 2 is 1.77 bits per heavy atom. The van der Waals surface area contributed by atoms with Crippen molar-refractivity contribution in [1.82, 2.24) is 14.8 Å². The maximum absolute atomic E-state index is 13.4. The molecule has 1 saturated heterocycles. The number of aromatic nitrogens is 1. The lowest BCUT2D eigenvalue weighted by molar-refractivity contribution is -0.131. The lowest BCUT2D eigenvalue weighted by Crippen LogP contribution is -2.43. The van der Waals surface area contributed by atoms with Gasteiger partial charge in [0.2, 0.25) is 6.79 Å². The number of urea groups is 1. The van der Waals surface area contributed by atoms with Gasteiger partial charge in [-0.15, -0.1) is 0 Å². The Balaban J connectivity index is 1.37. The highest BCUT2D eigenvalue weighted by Crippen LogP contribution is 2.34. The maximum Gasteiger partial charge on any atom is 0.325 e. The van der Waals surface area contributed by atoms with E-state index in [0.717, 1.165) is 27.6 Å². The monoisotopic (exact) mass is 473 g/mol. The van der Waals surface area contributed by atoms with E-state index in [1.165, 1.54) is 0 Å². The first-order chi connectivity index (χ1) is 16.8. The van der Waals surface area contributed by atoms with Gasteiger partial charge in [0.15, 0.2) is 17.3 Å². The minimum absolute atomic E-state index is 0.214. The highest BCUT2D eigenvalue weighted by Gasteiger charge is 2.51. The van der Waals surface area contributed by atoms with Crippen molar-refractivity contribution in [3.05, 3.63) is 82.7 Å². The molecule has 1 aromatic heterocycles. The standard InChI is InChI=1S/C27H27N3O5/c1-4-27(20-8-6-5-7-9-20)25(32)30(26(33)28-27)15-22(31)21-12-17(2)29(18(21)3)14-19-10-11-23-24(13-19)35-16-34-23/h5-13H,4,14-16H2,1-3H3,(H,28,33). The molecule has 1 N–H and O–H groups in total. The molecule has 1 unspecified atom stereocenters. The lowest BCUT2D eigenvalue weighted by atomic mass is 9.87. The number of aryl methyl sites for hydroxylation is 1. The van der Waals surface area contributed by atoms with E-state index < -0.39 is 17.5 Å². The number of ketones is 1. The molecule has 2 aromatic carbocycles. The first-order valence-corrected chi connectivity index (χ1v) is 11.6. The van der Waals surface area contributed by atoms with Gasteiger partial charge in [-0.25, -0.2) is 4.79 Å². The highest BCUT2D eigenvalue weighted by molar-refractivity contribution is 6.11. The number of carbonyl (C=O) groups is 3. The van der Waals surface area contributed by atoms with Crippen LogP contribution in [0.5, 0.6) is 11.5 Å². The lowest BCUT2D eigenvalue weighted by Gasteiger charge is -2.25. The third-order valence-electron chi connectivity index (χ3n) is 6.93. The zero-order valence-electron chi connectivity index (χ0n) is 20.0. The van der Waals surface area contributed by atoms with Crippen molar-refractivity contribution in [2.24, 2.45) is 0 Å². The first kappa shape index (κ1) is 22.7. The summed E-state index contributed by atoms with van der Waals surface area (Å²) in [6.45, 7) is 6.11. The van der Waals surface area contributed by atoms with Crippen LogP contribution in [0.3, 0.4) is 0 Å². The fraction of sp³-hybridized carbons (Fsp3) is 0.296. The van der Waals surface area contributed by atoms with E-state index >= 15 is 0 Å². The van der Waals surface area contributed by atoms with E-state index in [4.69, 9.17) is 9.47 Å². The molecule has 8 heteroatoms. The number of benzene rings is 2. The van der Waals surface area contributed by atoms with Gasteiger partial charge in [0, 0.05) is 23.5 Å². The zero-order valence-corrected chi connectivity index (χ0v) is 20.0. The predicted octanol–water partition coefficient (Wildman–Crippen LogP) is 3.92. The Kier molecular flexibility index (Phi) is 5.59. The molecular formula is C27H27N3O5. The molecule has 2 aliphatic heterocycles. The third-order valence-corrected chi connectivity index (χ3v) is 6.93. The molecule has 3 aromatic rings. The van der Waals surface area contributed by atoms with Gasteiger partial charge in [-0.05, 0) is 49.6 Å². The van der Waals surface area contributed by atoms with Gasteiger partial charge >= 0.3 is 6.03 Å². The number of ether oxygens (including phenoxy) is 2. The summed E-state index contributed by atoms with van der Waals surface area (Å²) in [4.78, 5) is 40.5. The minimum atomic E-state index is -1.16. The van der Waals surface area contributed by atoms with Crippen LogP contribution in [0.4, 0.5) is 4.79 Å². The molecule has 1 fully saturated rings. The van der Waals surface area contributed by atoms with Gasteiger partial charge in [0.1, 0.15) is 5.54 Å². The average molecular weight is 474 g/mol. The molecule has 180 valence electrons. The number of nitrogens with one attached hydrogen (secondary N) is 1. The number of nitrogens with zero attached hydrogens (tertiary/aromatic N) is 2. The van der Waals surface area contributed by atoms with Crippen molar-refractivity contribution in [3.8, 4) is 11.5 Å². The van der Waals surface area contributed by atoms with Crippen molar-refractivity contribution in [3.63, 3.8) is 0 Å². The van der Waals surface area contributed by atoms with Crippen LogP contribution in [0.25, 0.3) is 0 Å².